The van der Waals surface area contributed by atoms with Crippen LogP contribution in [0.1, 0.15) is 54.8 Å². The van der Waals surface area contributed by atoms with Crippen LogP contribution in [0, 0.1) is 5.82 Å². The number of fused-ring (bicyclic) bond motifs is 2. The van der Waals surface area contributed by atoms with Gasteiger partial charge in [-0.1, -0.05) is 17.7 Å². The number of esters is 1. The van der Waals surface area contributed by atoms with Gasteiger partial charge in [0.15, 0.2) is 11.5 Å². The van der Waals surface area contributed by atoms with Crippen molar-refractivity contribution in [1.82, 2.24) is 25.5 Å². The van der Waals surface area contributed by atoms with Crippen LogP contribution in [0.2, 0.25) is 5.02 Å². The van der Waals surface area contributed by atoms with Gasteiger partial charge in [0.05, 0.1) is 23.7 Å². The summed E-state index contributed by atoms with van der Waals surface area (Å²) in [4.78, 5) is 42.9. The maximum absolute atomic E-state index is 12.7. The zero-order valence-electron chi connectivity index (χ0n) is 19.2. The Morgan fingerprint density at radius 2 is 1.92 bits per heavy atom. The smallest absolute Gasteiger partial charge is 0.337 e. The highest BCUT2D eigenvalue weighted by Gasteiger charge is 2.27. The number of rotatable bonds is 4. The van der Waals surface area contributed by atoms with Crippen molar-refractivity contribution in [3.05, 3.63) is 81.5 Å². The molecule has 0 fully saturated rings. The van der Waals surface area contributed by atoms with E-state index in [4.69, 9.17) is 33.7 Å². The SMILES string of the molecule is COC(=O)c1ccc2c(c1)CC[C@@H]2NC(=O)c1ncnc2c(N)n[nH]c12.O=C(Cl)c1ccc(F)c(Cl)c1. The lowest BCUT2D eigenvalue weighted by Crippen LogP contribution is -2.28. The van der Waals surface area contributed by atoms with Crippen LogP contribution in [-0.2, 0) is 11.2 Å². The number of hydrogen-bond donors (Lipinski definition) is 3. The Morgan fingerprint density at radius 1 is 1.16 bits per heavy atom. The molecule has 1 amide bonds. The van der Waals surface area contributed by atoms with Crippen molar-refractivity contribution in [2.24, 2.45) is 0 Å². The highest BCUT2D eigenvalue weighted by molar-refractivity contribution is 6.67. The monoisotopic (exact) mass is 544 g/mol. The lowest BCUT2D eigenvalue weighted by atomic mass is 10.0. The number of methoxy groups -OCH3 is 1. The van der Waals surface area contributed by atoms with Gasteiger partial charge in [0.2, 0.25) is 0 Å². The Bertz CT molecular complexity index is 1530. The van der Waals surface area contributed by atoms with Crippen molar-refractivity contribution in [1.29, 1.82) is 0 Å². The van der Waals surface area contributed by atoms with E-state index in [-0.39, 0.29) is 40.0 Å². The fourth-order valence-electron chi connectivity index (χ4n) is 3.88. The number of benzene rings is 2. The van der Waals surface area contributed by atoms with E-state index < -0.39 is 11.1 Å². The first-order valence-electron chi connectivity index (χ1n) is 10.8. The van der Waals surface area contributed by atoms with Gasteiger partial charge in [0, 0.05) is 5.56 Å². The quantitative estimate of drug-likeness (QED) is 0.257. The third kappa shape index (κ3) is 5.52. The minimum Gasteiger partial charge on any atom is -0.465 e. The topological polar surface area (TPSA) is 153 Å². The van der Waals surface area contributed by atoms with Gasteiger partial charge in [-0.25, -0.2) is 19.2 Å². The molecular weight excluding hydrogens is 526 g/mol. The average molecular weight is 545 g/mol. The summed E-state index contributed by atoms with van der Waals surface area (Å²) < 4.78 is 17.2. The number of carbonyl (C=O) groups excluding carboxylic acids is 3. The number of nitrogens with one attached hydrogen (secondary N) is 2. The maximum Gasteiger partial charge on any atom is 0.337 e. The van der Waals surface area contributed by atoms with Gasteiger partial charge < -0.3 is 15.8 Å². The molecule has 4 N–H and O–H groups in total. The van der Waals surface area contributed by atoms with Gasteiger partial charge in [-0.15, -0.1) is 0 Å². The Morgan fingerprint density at radius 3 is 2.62 bits per heavy atom. The third-order valence-electron chi connectivity index (χ3n) is 5.69. The van der Waals surface area contributed by atoms with Gasteiger partial charge in [0.1, 0.15) is 23.2 Å². The maximum atomic E-state index is 12.7. The molecule has 0 unspecified atom stereocenters. The predicted octanol–water partition coefficient (Wildman–Crippen LogP) is 4.00. The number of aryl methyl sites for hydroxylation is 1. The summed E-state index contributed by atoms with van der Waals surface area (Å²) in [7, 11) is 1.35. The first-order valence-corrected chi connectivity index (χ1v) is 11.6. The van der Waals surface area contributed by atoms with Crippen molar-refractivity contribution in [2.45, 2.75) is 18.9 Å². The number of amides is 1. The molecule has 0 aliphatic heterocycles. The molecule has 1 atom stereocenters. The first kappa shape index (κ1) is 26.0. The summed E-state index contributed by atoms with van der Waals surface area (Å²) in [6, 6.07) is 8.76. The minimum atomic E-state index is -0.646. The molecular formula is C24H19Cl2FN6O4. The lowest BCUT2D eigenvalue weighted by Gasteiger charge is -2.14. The van der Waals surface area contributed by atoms with Crippen molar-refractivity contribution >= 4 is 57.2 Å². The summed E-state index contributed by atoms with van der Waals surface area (Å²) in [5, 5.41) is 8.80. The molecule has 1 aliphatic rings. The normalized spacial score (nSPS) is 13.9. The van der Waals surface area contributed by atoms with Crippen LogP contribution in [-0.4, -0.2) is 44.4 Å². The van der Waals surface area contributed by atoms with E-state index in [1.807, 2.05) is 12.1 Å². The molecule has 2 aromatic carbocycles. The van der Waals surface area contributed by atoms with Crippen LogP contribution < -0.4 is 11.1 Å². The Hall–Kier alpha value is -4.09. The average Bonchev–Trinajstić information content (AvgIpc) is 3.48. The van der Waals surface area contributed by atoms with Crippen LogP contribution in [0.5, 0.6) is 0 Å². The minimum absolute atomic E-state index is 0.100. The number of H-pyrrole nitrogens is 1. The van der Waals surface area contributed by atoms with Gasteiger partial charge in [-0.2, -0.15) is 5.10 Å². The van der Waals surface area contributed by atoms with Crippen LogP contribution in [0.15, 0.2) is 42.7 Å². The number of nitrogens with zero attached hydrogens (tertiary/aromatic N) is 3. The number of carbonyl (C=O) groups is 3. The van der Waals surface area contributed by atoms with Crippen molar-refractivity contribution in [3.63, 3.8) is 0 Å². The molecule has 13 heteroatoms. The highest BCUT2D eigenvalue weighted by atomic mass is 35.5. The summed E-state index contributed by atoms with van der Waals surface area (Å²) >= 11 is 10.5. The van der Waals surface area contributed by atoms with E-state index >= 15 is 0 Å². The zero-order valence-corrected chi connectivity index (χ0v) is 20.7. The molecule has 5 rings (SSSR count). The van der Waals surface area contributed by atoms with Gasteiger partial charge in [0.25, 0.3) is 11.1 Å². The Labute approximate surface area is 219 Å². The number of aromatic nitrogens is 4. The Balaban J connectivity index is 0.000000245. The van der Waals surface area contributed by atoms with Crippen molar-refractivity contribution in [2.75, 3.05) is 12.8 Å². The highest BCUT2D eigenvalue weighted by Crippen LogP contribution is 2.32. The van der Waals surface area contributed by atoms with E-state index in [9.17, 15) is 18.8 Å². The second kappa shape index (κ2) is 10.9. The zero-order chi connectivity index (χ0) is 26.7. The molecule has 10 nitrogen and oxygen atoms in total. The van der Waals surface area contributed by atoms with Crippen LogP contribution in [0.25, 0.3) is 11.0 Å². The van der Waals surface area contributed by atoms with E-state index in [0.29, 0.717) is 16.6 Å². The second-order valence-corrected chi connectivity index (χ2v) is 8.68. The van der Waals surface area contributed by atoms with Crippen LogP contribution >= 0.6 is 23.2 Å². The van der Waals surface area contributed by atoms with Gasteiger partial charge in [-0.3, -0.25) is 14.7 Å². The largest absolute Gasteiger partial charge is 0.465 e. The van der Waals surface area contributed by atoms with E-state index in [0.717, 1.165) is 30.0 Å². The predicted molar refractivity (Wildman–Crippen MR) is 134 cm³/mol. The van der Waals surface area contributed by atoms with Gasteiger partial charge in [-0.05, 0) is 65.9 Å². The summed E-state index contributed by atoms with van der Waals surface area (Å²) in [5.74, 6) is -1.05. The standard InChI is InChI=1S/C17H16N6O3.C7H3Cl2FO/c1-26-17(25)9-2-4-10-8(6-9)3-5-11(10)21-16(24)14-12-13(19-7-20-14)15(18)23-22-12;8-5-3-4(7(9)11)1-2-6(5)10/h2,4,6-7,11H,3,5H2,1H3,(H,21,24)(H3,18,22,23);1-3H/t11-;/m0./s1. The molecule has 0 saturated carbocycles. The summed E-state index contributed by atoms with van der Waals surface area (Å²) in [6.07, 6.45) is 2.79. The second-order valence-electron chi connectivity index (χ2n) is 7.93. The molecule has 4 aromatic rings. The van der Waals surface area contributed by atoms with Crippen molar-refractivity contribution in [3.8, 4) is 0 Å². The van der Waals surface area contributed by atoms with E-state index in [1.54, 1.807) is 6.07 Å². The molecule has 0 bridgehead atoms. The fraction of sp³-hybridized carbons (Fsp3) is 0.167. The summed E-state index contributed by atoms with van der Waals surface area (Å²) in [5.41, 5.74) is 9.44. The van der Waals surface area contributed by atoms with Crippen LogP contribution in [0.4, 0.5) is 10.2 Å². The van der Waals surface area contributed by atoms with Gasteiger partial charge >= 0.3 is 5.97 Å². The molecule has 0 spiro atoms. The summed E-state index contributed by atoms with van der Waals surface area (Å²) in [6.45, 7) is 0. The van der Waals surface area contributed by atoms with Crippen LogP contribution in [0.3, 0.4) is 0 Å². The Kier molecular flexibility index (Phi) is 7.65. The molecule has 0 saturated heterocycles. The van der Waals surface area contributed by atoms with Crippen molar-refractivity contribution < 1.29 is 23.5 Å². The number of nitrogens with two attached hydrogens (primary N) is 1. The first-order chi connectivity index (χ1) is 17.7. The number of anilines is 1. The molecule has 190 valence electrons. The number of halogens is 3. The lowest BCUT2D eigenvalue weighted by molar-refractivity contribution is 0.0600. The van der Waals surface area contributed by atoms with E-state index in [2.05, 4.69) is 25.5 Å². The molecule has 37 heavy (non-hydrogen) atoms. The van der Waals surface area contributed by atoms with E-state index in [1.165, 1.54) is 25.6 Å². The number of ether oxygens (including phenoxy) is 1. The number of hydrogen-bond acceptors (Lipinski definition) is 8. The fourth-order valence-corrected chi connectivity index (χ4v) is 4.18. The number of aromatic amines is 1. The molecule has 0 radical (unpaired) electrons. The molecule has 2 heterocycles. The molecule has 2 aromatic heterocycles. The molecule has 1 aliphatic carbocycles. The number of nitrogen functional groups attached to an aromatic ring is 1. The third-order valence-corrected chi connectivity index (χ3v) is 6.19.